The van der Waals surface area contributed by atoms with Crippen molar-refractivity contribution >= 4 is 23.3 Å². The number of nitrogens with zero attached hydrogens (tertiary/aromatic N) is 2. The summed E-state index contributed by atoms with van der Waals surface area (Å²) in [5, 5.41) is 20.3. The van der Waals surface area contributed by atoms with Crippen molar-refractivity contribution in [1.29, 1.82) is 0 Å². The Kier molecular flexibility index (Phi) is 4.80. The highest BCUT2D eigenvalue weighted by Gasteiger charge is 2.31. The van der Waals surface area contributed by atoms with E-state index in [0.717, 1.165) is 6.42 Å². The SMILES string of the molecule is CC1CCN(Cc2ccc([N+](=O)[O-])cc2Cl)C(C(=O)O)C1. The van der Waals surface area contributed by atoms with Gasteiger partial charge in [0.2, 0.25) is 0 Å². The highest BCUT2D eigenvalue weighted by molar-refractivity contribution is 6.31. The van der Waals surface area contributed by atoms with E-state index in [-0.39, 0.29) is 5.69 Å². The zero-order valence-electron chi connectivity index (χ0n) is 11.7. The Hall–Kier alpha value is -1.66. The first-order chi connectivity index (χ1) is 9.88. The van der Waals surface area contributed by atoms with E-state index in [1.807, 2.05) is 11.8 Å². The van der Waals surface area contributed by atoms with Crippen LogP contribution in [0.15, 0.2) is 18.2 Å². The maximum atomic E-state index is 11.4. The van der Waals surface area contributed by atoms with Crippen molar-refractivity contribution in [2.24, 2.45) is 5.92 Å². The Morgan fingerprint density at radius 3 is 2.86 bits per heavy atom. The van der Waals surface area contributed by atoms with Gasteiger partial charge in [0.25, 0.3) is 5.69 Å². The Labute approximate surface area is 127 Å². The summed E-state index contributed by atoms with van der Waals surface area (Å²) >= 11 is 6.07. The quantitative estimate of drug-likeness (QED) is 0.682. The first kappa shape index (κ1) is 15.7. The van der Waals surface area contributed by atoms with E-state index >= 15 is 0 Å². The van der Waals surface area contributed by atoms with Crippen molar-refractivity contribution < 1.29 is 14.8 Å². The third-order valence-corrected chi connectivity index (χ3v) is 4.23. The molecule has 7 heteroatoms. The number of hydrogen-bond donors (Lipinski definition) is 1. The van der Waals surface area contributed by atoms with Crippen molar-refractivity contribution in [3.05, 3.63) is 38.9 Å². The van der Waals surface area contributed by atoms with E-state index in [1.54, 1.807) is 6.07 Å². The van der Waals surface area contributed by atoms with E-state index in [9.17, 15) is 20.0 Å². The van der Waals surface area contributed by atoms with Crippen LogP contribution in [-0.4, -0.2) is 33.5 Å². The van der Waals surface area contributed by atoms with Gasteiger partial charge in [-0.15, -0.1) is 0 Å². The second-order valence-corrected chi connectivity index (χ2v) is 5.89. The molecule has 1 N–H and O–H groups in total. The summed E-state index contributed by atoms with van der Waals surface area (Å²) in [6, 6.07) is 3.76. The van der Waals surface area contributed by atoms with Gasteiger partial charge in [0, 0.05) is 18.7 Å². The van der Waals surface area contributed by atoms with Gasteiger partial charge in [0.05, 0.1) is 9.95 Å². The molecule has 6 nitrogen and oxygen atoms in total. The summed E-state index contributed by atoms with van der Waals surface area (Å²) in [5.74, 6) is -0.450. The topological polar surface area (TPSA) is 83.7 Å². The van der Waals surface area contributed by atoms with Crippen LogP contribution in [0, 0.1) is 16.0 Å². The molecule has 114 valence electrons. The normalized spacial score (nSPS) is 23.0. The van der Waals surface area contributed by atoms with Crippen LogP contribution in [0.25, 0.3) is 0 Å². The van der Waals surface area contributed by atoms with E-state index in [0.29, 0.717) is 36.0 Å². The number of nitro benzene ring substituents is 1. The Bertz CT molecular complexity index is 564. The fourth-order valence-electron chi connectivity index (χ4n) is 2.63. The van der Waals surface area contributed by atoms with Crippen LogP contribution >= 0.6 is 11.6 Å². The summed E-state index contributed by atoms with van der Waals surface area (Å²) in [6.07, 6.45) is 1.55. The monoisotopic (exact) mass is 312 g/mol. The van der Waals surface area contributed by atoms with E-state index in [2.05, 4.69) is 0 Å². The van der Waals surface area contributed by atoms with Crippen molar-refractivity contribution in [1.82, 2.24) is 4.90 Å². The molecule has 0 amide bonds. The van der Waals surface area contributed by atoms with Crippen molar-refractivity contribution in [2.75, 3.05) is 6.54 Å². The van der Waals surface area contributed by atoms with Crippen molar-refractivity contribution in [3.63, 3.8) is 0 Å². The molecule has 1 aliphatic heterocycles. The minimum absolute atomic E-state index is 0.0641. The van der Waals surface area contributed by atoms with Crippen LogP contribution in [-0.2, 0) is 11.3 Å². The van der Waals surface area contributed by atoms with Gasteiger partial charge in [-0.1, -0.05) is 18.5 Å². The van der Waals surface area contributed by atoms with Gasteiger partial charge in [0.15, 0.2) is 0 Å². The molecular weight excluding hydrogens is 296 g/mol. The Balaban J connectivity index is 2.16. The van der Waals surface area contributed by atoms with Crippen LogP contribution in [0.2, 0.25) is 5.02 Å². The molecule has 2 unspecified atom stereocenters. The number of likely N-dealkylation sites (tertiary alicyclic amines) is 1. The molecule has 1 aromatic carbocycles. The zero-order valence-corrected chi connectivity index (χ0v) is 12.4. The molecule has 0 aromatic heterocycles. The number of rotatable bonds is 4. The maximum Gasteiger partial charge on any atom is 0.320 e. The average Bonchev–Trinajstić information content (AvgIpc) is 2.42. The smallest absolute Gasteiger partial charge is 0.320 e. The summed E-state index contributed by atoms with van der Waals surface area (Å²) < 4.78 is 0. The Morgan fingerprint density at radius 2 is 2.29 bits per heavy atom. The molecule has 0 bridgehead atoms. The molecule has 1 fully saturated rings. The first-order valence-electron chi connectivity index (χ1n) is 6.78. The Morgan fingerprint density at radius 1 is 1.57 bits per heavy atom. The van der Waals surface area contributed by atoms with Gasteiger partial charge >= 0.3 is 5.97 Å². The highest BCUT2D eigenvalue weighted by Crippen LogP contribution is 2.28. The van der Waals surface area contributed by atoms with Gasteiger partial charge in [-0.3, -0.25) is 19.8 Å². The number of benzene rings is 1. The average molecular weight is 313 g/mol. The number of piperidine rings is 1. The number of nitro groups is 1. The molecule has 0 aliphatic carbocycles. The summed E-state index contributed by atoms with van der Waals surface area (Å²) in [4.78, 5) is 23.4. The second kappa shape index (κ2) is 6.41. The molecule has 0 radical (unpaired) electrons. The van der Waals surface area contributed by atoms with Crippen LogP contribution < -0.4 is 0 Å². The highest BCUT2D eigenvalue weighted by atomic mass is 35.5. The molecule has 0 spiro atoms. The number of aliphatic carboxylic acids is 1. The van der Waals surface area contributed by atoms with Crippen LogP contribution in [0.5, 0.6) is 0 Å². The lowest BCUT2D eigenvalue weighted by Gasteiger charge is -2.36. The number of carbonyl (C=O) groups is 1. The largest absolute Gasteiger partial charge is 0.480 e. The van der Waals surface area contributed by atoms with Crippen molar-refractivity contribution in [3.8, 4) is 0 Å². The number of hydrogen-bond acceptors (Lipinski definition) is 4. The lowest BCUT2D eigenvalue weighted by atomic mass is 9.92. The molecule has 2 rings (SSSR count). The fraction of sp³-hybridized carbons (Fsp3) is 0.500. The van der Waals surface area contributed by atoms with Gasteiger partial charge < -0.3 is 5.11 Å². The molecular formula is C14H17ClN2O4. The van der Waals surface area contributed by atoms with E-state index in [1.165, 1.54) is 12.1 Å². The van der Waals surface area contributed by atoms with E-state index < -0.39 is 16.9 Å². The van der Waals surface area contributed by atoms with Crippen LogP contribution in [0.1, 0.15) is 25.3 Å². The molecule has 2 atom stereocenters. The number of carboxylic acid groups (broad SMARTS) is 1. The predicted molar refractivity (Wildman–Crippen MR) is 78.3 cm³/mol. The second-order valence-electron chi connectivity index (χ2n) is 5.49. The van der Waals surface area contributed by atoms with Gasteiger partial charge in [-0.25, -0.2) is 0 Å². The molecule has 1 heterocycles. The molecule has 21 heavy (non-hydrogen) atoms. The van der Waals surface area contributed by atoms with Gasteiger partial charge in [-0.05, 0) is 36.9 Å². The molecule has 1 aromatic rings. The number of carboxylic acids is 1. The molecule has 1 saturated heterocycles. The molecule has 0 saturated carbocycles. The lowest BCUT2D eigenvalue weighted by molar-refractivity contribution is -0.384. The first-order valence-corrected chi connectivity index (χ1v) is 7.16. The van der Waals surface area contributed by atoms with E-state index in [4.69, 9.17) is 11.6 Å². The third-order valence-electron chi connectivity index (χ3n) is 3.88. The minimum Gasteiger partial charge on any atom is -0.480 e. The minimum atomic E-state index is -0.834. The van der Waals surface area contributed by atoms with Crippen molar-refractivity contribution in [2.45, 2.75) is 32.4 Å². The third kappa shape index (κ3) is 3.71. The lowest BCUT2D eigenvalue weighted by Crippen LogP contribution is -2.46. The summed E-state index contributed by atoms with van der Waals surface area (Å²) in [5.41, 5.74) is 0.647. The summed E-state index contributed by atoms with van der Waals surface area (Å²) in [6.45, 7) is 3.12. The fourth-order valence-corrected chi connectivity index (χ4v) is 2.87. The maximum absolute atomic E-state index is 11.4. The summed E-state index contributed by atoms with van der Waals surface area (Å²) in [7, 11) is 0. The van der Waals surface area contributed by atoms with Crippen LogP contribution in [0.4, 0.5) is 5.69 Å². The van der Waals surface area contributed by atoms with Crippen LogP contribution in [0.3, 0.4) is 0 Å². The predicted octanol–water partition coefficient (Wildman–Crippen LogP) is 2.93. The zero-order chi connectivity index (χ0) is 15.6. The molecule has 1 aliphatic rings. The van der Waals surface area contributed by atoms with Gasteiger partial charge in [0.1, 0.15) is 6.04 Å². The van der Waals surface area contributed by atoms with Gasteiger partial charge in [-0.2, -0.15) is 0 Å². The standard InChI is InChI=1S/C14H17ClN2O4/c1-9-4-5-16(13(6-9)14(18)19)8-10-2-3-11(17(20)21)7-12(10)15/h2-3,7,9,13H,4-6,8H2,1H3,(H,18,19). The number of non-ortho nitro benzene ring substituents is 1. The number of halogens is 1.